The van der Waals surface area contributed by atoms with Crippen LogP contribution in [0.25, 0.3) is 0 Å². The van der Waals surface area contributed by atoms with E-state index in [2.05, 4.69) is 52.9 Å². The highest BCUT2D eigenvalue weighted by atomic mass is 16.1. The van der Waals surface area contributed by atoms with Crippen LogP contribution in [-0.4, -0.2) is 20.5 Å². The zero-order chi connectivity index (χ0) is 19.8. The Labute approximate surface area is 169 Å². The van der Waals surface area contributed by atoms with Crippen molar-refractivity contribution < 1.29 is 4.79 Å². The summed E-state index contributed by atoms with van der Waals surface area (Å²) in [4.78, 5) is 12.4. The number of carbonyl (C=O) groups excluding carboxylic acids is 1. The molecular formula is C24H35N3O. The lowest BCUT2D eigenvalue weighted by atomic mass is 9.86. The Bertz CT molecular complexity index is 759. The smallest absolute Gasteiger partial charge is 0.133 e. The monoisotopic (exact) mass is 381 g/mol. The first-order valence-corrected chi connectivity index (χ1v) is 11.1. The van der Waals surface area contributed by atoms with Crippen LogP contribution >= 0.6 is 0 Å². The molecule has 1 fully saturated rings. The van der Waals surface area contributed by atoms with Gasteiger partial charge in [-0.15, -0.1) is 10.2 Å². The number of hydrogen-bond donors (Lipinski definition) is 0. The van der Waals surface area contributed by atoms with Crippen LogP contribution in [0.2, 0.25) is 0 Å². The molecule has 1 saturated carbocycles. The molecule has 2 aromatic rings. The van der Waals surface area contributed by atoms with E-state index >= 15 is 0 Å². The first-order valence-electron chi connectivity index (χ1n) is 11.1. The molecule has 1 aliphatic rings. The molecule has 0 N–H and O–H groups in total. The third kappa shape index (κ3) is 6.02. The summed E-state index contributed by atoms with van der Waals surface area (Å²) in [5.41, 5.74) is 2.50. The highest BCUT2D eigenvalue weighted by Gasteiger charge is 2.17. The maximum Gasteiger partial charge on any atom is 0.133 e. The van der Waals surface area contributed by atoms with Crippen molar-refractivity contribution in [1.82, 2.24) is 14.8 Å². The number of hydrogen-bond acceptors (Lipinski definition) is 3. The zero-order valence-electron chi connectivity index (χ0n) is 17.6. The molecular weight excluding hydrogens is 346 g/mol. The predicted octanol–water partition coefficient (Wildman–Crippen LogP) is 5.25. The Hall–Kier alpha value is -1.97. The molecule has 0 radical (unpaired) electrons. The van der Waals surface area contributed by atoms with E-state index in [0.717, 1.165) is 37.0 Å². The molecule has 0 unspecified atom stereocenters. The van der Waals surface area contributed by atoms with Crippen molar-refractivity contribution in [2.75, 3.05) is 0 Å². The molecule has 3 rings (SSSR count). The minimum atomic E-state index is 0.316. The van der Waals surface area contributed by atoms with Crippen molar-refractivity contribution in [3.8, 4) is 0 Å². The van der Waals surface area contributed by atoms with Gasteiger partial charge in [0.2, 0.25) is 0 Å². The fourth-order valence-corrected chi connectivity index (χ4v) is 4.44. The van der Waals surface area contributed by atoms with Gasteiger partial charge in [0.05, 0.1) is 0 Å². The first-order chi connectivity index (χ1) is 13.7. The molecule has 0 aliphatic heterocycles. The Kier molecular flexibility index (Phi) is 7.81. The molecule has 4 heteroatoms. The standard InChI is InChI=1S/C24H35N3O/c1-3-27-23(16-13-20-9-5-4-6-10-20)25-26-24(27)17-15-22(28)14-12-21-11-7-8-19(2)18-21/h7-8,11,18,20H,3-6,9-10,12-17H2,1-2H3. The molecule has 0 spiro atoms. The summed E-state index contributed by atoms with van der Waals surface area (Å²) in [7, 11) is 0. The molecule has 28 heavy (non-hydrogen) atoms. The fraction of sp³-hybridized carbons (Fsp3) is 0.625. The molecule has 0 saturated heterocycles. The third-order valence-corrected chi connectivity index (χ3v) is 6.12. The van der Waals surface area contributed by atoms with Crippen molar-refractivity contribution in [2.45, 2.75) is 91.0 Å². The van der Waals surface area contributed by atoms with Gasteiger partial charge in [-0.1, -0.05) is 61.9 Å². The molecule has 0 amide bonds. The van der Waals surface area contributed by atoms with Crippen LogP contribution in [0.5, 0.6) is 0 Å². The summed E-state index contributed by atoms with van der Waals surface area (Å²) < 4.78 is 2.23. The lowest BCUT2D eigenvalue weighted by molar-refractivity contribution is -0.119. The number of nitrogens with zero attached hydrogens (tertiary/aromatic N) is 3. The second-order valence-corrected chi connectivity index (χ2v) is 8.35. The molecule has 1 heterocycles. The lowest BCUT2D eigenvalue weighted by Gasteiger charge is -2.21. The Morgan fingerprint density at radius 3 is 2.46 bits per heavy atom. The van der Waals surface area contributed by atoms with E-state index < -0.39 is 0 Å². The number of ketones is 1. The van der Waals surface area contributed by atoms with E-state index in [9.17, 15) is 4.79 Å². The van der Waals surface area contributed by atoms with Crippen LogP contribution in [0.3, 0.4) is 0 Å². The molecule has 4 nitrogen and oxygen atoms in total. The third-order valence-electron chi connectivity index (χ3n) is 6.12. The van der Waals surface area contributed by atoms with Gasteiger partial charge in [-0.05, 0) is 38.2 Å². The number of Topliss-reactive ketones (excluding diaryl/α,β-unsaturated/α-hetero) is 1. The number of aryl methyl sites for hydroxylation is 4. The molecule has 1 aromatic carbocycles. The average molecular weight is 382 g/mol. The predicted molar refractivity (Wildman–Crippen MR) is 113 cm³/mol. The first kappa shape index (κ1) is 20.8. The average Bonchev–Trinajstić information content (AvgIpc) is 3.12. The van der Waals surface area contributed by atoms with E-state index in [1.807, 2.05) is 0 Å². The van der Waals surface area contributed by atoms with Gasteiger partial charge in [0.1, 0.15) is 17.4 Å². The molecule has 1 aliphatic carbocycles. The van der Waals surface area contributed by atoms with Gasteiger partial charge in [-0.25, -0.2) is 0 Å². The quantitative estimate of drug-likeness (QED) is 0.564. The second-order valence-electron chi connectivity index (χ2n) is 8.35. The van der Waals surface area contributed by atoms with Gasteiger partial charge in [-0.3, -0.25) is 4.79 Å². The minimum absolute atomic E-state index is 0.316. The number of aromatic nitrogens is 3. The molecule has 0 atom stereocenters. The van der Waals surface area contributed by atoms with Crippen molar-refractivity contribution >= 4 is 5.78 Å². The number of rotatable bonds is 10. The summed E-state index contributed by atoms with van der Waals surface area (Å²) in [5, 5.41) is 8.87. The Morgan fingerprint density at radius 1 is 1.04 bits per heavy atom. The van der Waals surface area contributed by atoms with E-state index in [1.165, 1.54) is 49.7 Å². The Balaban J connectivity index is 1.46. The van der Waals surface area contributed by atoms with Gasteiger partial charge in [0, 0.05) is 32.2 Å². The maximum atomic E-state index is 12.4. The topological polar surface area (TPSA) is 47.8 Å². The maximum absolute atomic E-state index is 12.4. The number of carbonyl (C=O) groups is 1. The van der Waals surface area contributed by atoms with E-state index in [4.69, 9.17) is 0 Å². The van der Waals surface area contributed by atoms with Crippen LogP contribution in [0, 0.1) is 12.8 Å². The molecule has 1 aromatic heterocycles. The second kappa shape index (κ2) is 10.5. The van der Waals surface area contributed by atoms with E-state index in [1.54, 1.807) is 0 Å². The van der Waals surface area contributed by atoms with Gasteiger partial charge in [0.25, 0.3) is 0 Å². The molecule has 152 valence electrons. The van der Waals surface area contributed by atoms with E-state index in [-0.39, 0.29) is 0 Å². The van der Waals surface area contributed by atoms with Gasteiger partial charge in [-0.2, -0.15) is 0 Å². The van der Waals surface area contributed by atoms with Gasteiger partial charge in [0.15, 0.2) is 0 Å². The van der Waals surface area contributed by atoms with Crippen molar-refractivity contribution in [3.63, 3.8) is 0 Å². The van der Waals surface area contributed by atoms with Crippen LogP contribution < -0.4 is 0 Å². The zero-order valence-corrected chi connectivity index (χ0v) is 17.6. The van der Waals surface area contributed by atoms with Crippen LogP contribution in [0.1, 0.15) is 81.1 Å². The molecule has 0 bridgehead atoms. The normalized spacial score (nSPS) is 15.1. The SMILES string of the molecule is CCn1c(CCC(=O)CCc2cccc(C)c2)nnc1CCC1CCCCC1. The van der Waals surface area contributed by atoms with Crippen molar-refractivity contribution in [3.05, 3.63) is 47.0 Å². The largest absolute Gasteiger partial charge is 0.315 e. The van der Waals surface area contributed by atoms with Crippen LogP contribution in [-0.2, 0) is 30.6 Å². The van der Waals surface area contributed by atoms with Crippen LogP contribution in [0.4, 0.5) is 0 Å². The summed E-state index contributed by atoms with van der Waals surface area (Å²) in [6.07, 6.45) is 11.9. The summed E-state index contributed by atoms with van der Waals surface area (Å²) in [5.74, 6) is 3.26. The Morgan fingerprint density at radius 2 is 1.75 bits per heavy atom. The van der Waals surface area contributed by atoms with Gasteiger partial charge >= 0.3 is 0 Å². The highest BCUT2D eigenvalue weighted by Crippen LogP contribution is 2.27. The highest BCUT2D eigenvalue weighted by molar-refractivity contribution is 5.78. The van der Waals surface area contributed by atoms with Crippen molar-refractivity contribution in [1.29, 1.82) is 0 Å². The van der Waals surface area contributed by atoms with E-state index in [0.29, 0.717) is 25.0 Å². The van der Waals surface area contributed by atoms with Crippen molar-refractivity contribution in [2.24, 2.45) is 5.92 Å². The summed E-state index contributed by atoms with van der Waals surface area (Å²) >= 11 is 0. The number of benzene rings is 1. The summed E-state index contributed by atoms with van der Waals surface area (Å²) in [6.45, 7) is 5.13. The fourth-order valence-electron chi connectivity index (χ4n) is 4.44. The summed E-state index contributed by atoms with van der Waals surface area (Å²) in [6, 6.07) is 8.43. The van der Waals surface area contributed by atoms with Gasteiger partial charge < -0.3 is 4.57 Å². The van der Waals surface area contributed by atoms with Crippen LogP contribution in [0.15, 0.2) is 24.3 Å². The minimum Gasteiger partial charge on any atom is -0.315 e. The lowest BCUT2D eigenvalue weighted by Crippen LogP contribution is -2.12.